The summed E-state index contributed by atoms with van der Waals surface area (Å²) >= 11 is 0. The number of phenolic OH excluding ortho intramolecular Hbond substituents is 1. The molecule has 4 heterocycles. The van der Waals surface area contributed by atoms with Crippen molar-refractivity contribution in [3.05, 3.63) is 88.5 Å². The number of hydrogen-bond acceptors (Lipinski definition) is 7. The number of hydrogen-bond donors (Lipinski definition) is 2. The van der Waals surface area contributed by atoms with E-state index in [1.165, 1.54) is 73.7 Å². The van der Waals surface area contributed by atoms with Crippen LogP contribution in [0, 0.1) is 17.8 Å². The minimum atomic E-state index is -0.580. The summed E-state index contributed by atoms with van der Waals surface area (Å²) in [5.74, 6) is 2.26. The number of fused-ring (bicyclic) bond motifs is 2. The van der Waals surface area contributed by atoms with Crippen molar-refractivity contribution in [3.8, 4) is 5.75 Å². The highest BCUT2D eigenvalue weighted by atomic mass is 16.3. The van der Waals surface area contributed by atoms with Crippen LogP contribution in [0.15, 0.2) is 60.7 Å². The number of rotatable bonds is 7. The number of piperazine rings is 1. The number of amides is 3. The second-order valence-corrected chi connectivity index (χ2v) is 17.0. The highest BCUT2D eigenvalue weighted by Gasteiger charge is 2.40. The second kappa shape index (κ2) is 15.0. The second-order valence-electron chi connectivity index (χ2n) is 17.0. The van der Waals surface area contributed by atoms with Gasteiger partial charge in [0.2, 0.25) is 11.8 Å². The van der Waals surface area contributed by atoms with Crippen LogP contribution in [0.25, 0.3) is 0 Å². The number of carbonyl (C=O) groups excluding carboxylic acids is 3. The Morgan fingerprint density at radius 3 is 2.19 bits per heavy atom. The van der Waals surface area contributed by atoms with E-state index in [9.17, 15) is 19.5 Å². The van der Waals surface area contributed by atoms with Crippen LogP contribution in [0.2, 0.25) is 0 Å². The van der Waals surface area contributed by atoms with Gasteiger partial charge < -0.3 is 19.8 Å². The van der Waals surface area contributed by atoms with Crippen LogP contribution < -0.4 is 15.1 Å². The molecule has 0 unspecified atom stereocenters. The lowest BCUT2D eigenvalue weighted by molar-refractivity contribution is -0.136. The Labute approximate surface area is 319 Å². The fourth-order valence-electron chi connectivity index (χ4n) is 10.9. The number of nitrogens with one attached hydrogen (secondary N) is 1. The van der Waals surface area contributed by atoms with Gasteiger partial charge >= 0.3 is 0 Å². The van der Waals surface area contributed by atoms with Gasteiger partial charge in [0, 0.05) is 81.6 Å². The van der Waals surface area contributed by atoms with Crippen LogP contribution in [0.3, 0.4) is 0 Å². The number of anilines is 2. The Kier molecular flexibility index (Phi) is 9.85. The first-order chi connectivity index (χ1) is 26.4. The molecule has 2 aliphatic carbocycles. The Hall–Kier alpha value is -4.37. The lowest BCUT2D eigenvalue weighted by atomic mass is 9.64. The molecule has 6 aliphatic rings. The number of nitrogens with zero attached hydrogens (tertiary/aromatic N) is 4. The summed E-state index contributed by atoms with van der Waals surface area (Å²) in [5.41, 5.74) is 8.34. The van der Waals surface area contributed by atoms with Crippen molar-refractivity contribution < 1.29 is 19.5 Å². The Morgan fingerprint density at radius 1 is 0.685 bits per heavy atom. The number of piperidine rings is 2. The molecule has 0 radical (unpaired) electrons. The summed E-state index contributed by atoms with van der Waals surface area (Å²) in [7, 11) is 0. The van der Waals surface area contributed by atoms with Gasteiger partial charge in [0.25, 0.3) is 5.91 Å². The van der Waals surface area contributed by atoms with Gasteiger partial charge in [-0.15, -0.1) is 0 Å². The first-order valence-corrected chi connectivity index (χ1v) is 20.8. The van der Waals surface area contributed by atoms with Crippen molar-refractivity contribution in [1.82, 2.24) is 15.1 Å². The molecule has 4 fully saturated rings. The molecular formula is C45H55N5O4. The molecule has 3 aromatic rings. The zero-order chi connectivity index (χ0) is 36.8. The van der Waals surface area contributed by atoms with Crippen molar-refractivity contribution in [1.29, 1.82) is 0 Å². The average Bonchev–Trinajstić information content (AvgIpc) is 3.53. The number of aryl methyl sites for hydroxylation is 1. The van der Waals surface area contributed by atoms with Gasteiger partial charge in [0.15, 0.2) is 0 Å². The third-order valence-corrected chi connectivity index (χ3v) is 13.9. The molecule has 0 spiro atoms. The van der Waals surface area contributed by atoms with Gasteiger partial charge in [-0.2, -0.15) is 0 Å². The molecule has 3 saturated heterocycles. The molecule has 54 heavy (non-hydrogen) atoms. The minimum Gasteiger partial charge on any atom is -0.508 e. The van der Waals surface area contributed by atoms with E-state index in [1.807, 2.05) is 18.2 Å². The van der Waals surface area contributed by atoms with Crippen LogP contribution in [0.4, 0.5) is 11.4 Å². The SMILES string of the molecule is O=C1CC[C@@H](N2Cc3cc(N4CCN(CC5CCN(c6ccc([C@@H]7c8ccc(O)cc8CC[C@@H]7C7CCCCC7)cc6)CC5)CC4)ccc3C2=O)C(=O)N1. The third-order valence-electron chi connectivity index (χ3n) is 13.9. The van der Waals surface area contributed by atoms with Crippen LogP contribution in [-0.4, -0.2) is 84.5 Å². The normalized spacial score (nSPS) is 25.8. The van der Waals surface area contributed by atoms with E-state index in [4.69, 9.17) is 0 Å². The molecule has 3 atom stereocenters. The highest BCUT2D eigenvalue weighted by Crippen LogP contribution is 2.48. The zero-order valence-electron chi connectivity index (χ0n) is 31.6. The lowest BCUT2D eigenvalue weighted by Gasteiger charge is -2.41. The first kappa shape index (κ1) is 35.3. The molecule has 0 bridgehead atoms. The van der Waals surface area contributed by atoms with E-state index in [0.29, 0.717) is 42.0 Å². The topological polar surface area (TPSA) is 96.4 Å². The molecule has 284 valence electrons. The van der Waals surface area contributed by atoms with Gasteiger partial charge in [-0.3, -0.25) is 24.6 Å². The van der Waals surface area contributed by atoms with Crippen molar-refractivity contribution >= 4 is 29.1 Å². The monoisotopic (exact) mass is 729 g/mol. The predicted octanol–water partition coefficient (Wildman–Crippen LogP) is 6.47. The van der Waals surface area contributed by atoms with Crippen molar-refractivity contribution in [2.45, 2.75) is 89.1 Å². The van der Waals surface area contributed by atoms with E-state index in [0.717, 1.165) is 69.4 Å². The van der Waals surface area contributed by atoms with Crippen LogP contribution in [-0.2, 0) is 22.6 Å². The van der Waals surface area contributed by atoms with Gasteiger partial charge in [-0.1, -0.05) is 50.3 Å². The number of carbonyl (C=O) groups is 3. The van der Waals surface area contributed by atoms with E-state index in [-0.39, 0.29) is 24.1 Å². The van der Waals surface area contributed by atoms with E-state index in [1.54, 1.807) is 4.90 Å². The molecule has 2 N–H and O–H groups in total. The first-order valence-electron chi connectivity index (χ1n) is 20.8. The molecule has 3 aromatic carbocycles. The Balaban J connectivity index is 0.773. The predicted molar refractivity (Wildman–Crippen MR) is 211 cm³/mol. The maximum absolute atomic E-state index is 13.2. The molecule has 9 nitrogen and oxygen atoms in total. The van der Waals surface area contributed by atoms with Crippen molar-refractivity contribution in [2.75, 3.05) is 55.6 Å². The van der Waals surface area contributed by atoms with E-state index >= 15 is 0 Å². The molecule has 0 aromatic heterocycles. The molecule has 3 amide bonds. The number of aromatic hydroxyl groups is 1. The average molecular weight is 730 g/mol. The number of imide groups is 1. The maximum Gasteiger partial charge on any atom is 0.255 e. The third kappa shape index (κ3) is 7.00. The number of phenols is 1. The standard InChI is InChI=1S/C45H55N5O4/c51-37-12-15-39-33(27-37)8-13-38(31-4-2-1-3-5-31)43(39)32-6-9-35(10-7-32)48-20-18-30(19-21-48)28-47-22-24-49(25-23-47)36-11-14-40-34(26-36)29-50(45(40)54)41-16-17-42(52)46-44(41)53/h6-7,9-12,14-15,26-27,30-31,38,41,43,51H,1-5,8,13,16-25,28-29H2,(H,46,52,53)/t38-,41-,43+/m1/s1. The van der Waals surface area contributed by atoms with Gasteiger partial charge in [-0.05, 0) is 115 Å². The van der Waals surface area contributed by atoms with E-state index < -0.39 is 6.04 Å². The van der Waals surface area contributed by atoms with Crippen LogP contribution >= 0.6 is 0 Å². The van der Waals surface area contributed by atoms with Crippen LogP contribution in [0.1, 0.15) is 103 Å². The summed E-state index contributed by atoms with van der Waals surface area (Å²) in [6.07, 6.45) is 12.2. The summed E-state index contributed by atoms with van der Waals surface area (Å²) in [4.78, 5) is 46.5. The van der Waals surface area contributed by atoms with Gasteiger partial charge in [0.05, 0.1) is 0 Å². The van der Waals surface area contributed by atoms with E-state index in [2.05, 4.69) is 62.5 Å². The Morgan fingerprint density at radius 2 is 1.43 bits per heavy atom. The summed E-state index contributed by atoms with van der Waals surface area (Å²) < 4.78 is 0. The summed E-state index contributed by atoms with van der Waals surface area (Å²) in [6, 6.07) is 21.2. The smallest absolute Gasteiger partial charge is 0.255 e. The van der Waals surface area contributed by atoms with Crippen molar-refractivity contribution in [3.63, 3.8) is 0 Å². The summed E-state index contributed by atoms with van der Waals surface area (Å²) in [6.45, 7) is 7.76. The number of benzene rings is 3. The fourth-order valence-corrected chi connectivity index (χ4v) is 10.9. The van der Waals surface area contributed by atoms with Crippen LogP contribution in [0.5, 0.6) is 5.75 Å². The van der Waals surface area contributed by atoms with Gasteiger partial charge in [-0.25, -0.2) is 0 Å². The maximum atomic E-state index is 13.2. The molecular weight excluding hydrogens is 675 g/mol. The van der Waals surface area contributed by atoms with Crippen molar-refractivity contribution in [2.24, 2.45) is 17.8 Å². The van der Waals surface area contributed by atoms with Gasteiger partial charge in [0.1, 0.15) is 11.8 Å². The largest absolute Gasteiger partial charge is 0.508 e. The lowest BCUT2D eigenvalue weighted by Crippen LogP contribution is -2.52. The quantitative estimate of drug-likeness (QED) is 0.270. The molecule has 1 saturated carbocycles. The minimum absolute atomic E-state index is 0.116. The zero-order valence-corrected chi connectivity index (χ0v) is 31.6. The highest BCUT2D eigenvalue weighted by molar-refractivity contribution is 6.05. The fraction of sp³-hybridized carbons (Fsp3) is 0.533. The Bertz CT molecular complexity index is 1870. The molecule has 4 aliphatic heterocycles. The molecule has 9 heteroatoms. The summed E-state index contributed by atoms with van der Waals surface area (Å²) in [5, 5.41) is 12.6. The molecule has 9 rings (SSSR count).